The number of nitrogens with one attached hydrogen (secondary N) is 2. The van der Waals surface area contributed by atoms with Crippen molar-refractivity contribution in [1.29, 1.82) is 0 Å². The van der Waals surface area contributed by atoms with Crippen molar-refractivity contribution in [2.75, 3.05) is 17.2 Å². The molecule has 0 bridgehead atoms. The number of imide groups is 1. The van der Waals surface area contributed by atoms with Crippen molar-refractivity contribution in [3.8, 4) is 0 Å². The van der Waals surface area contributed by atoms with Crippen molar-refractivity contribution in [3.63, 3.8) is 0 Å². The fraction of sp³-hybridized carbons (Fsp3) is 0.579. The Labute approximate surface area is 149 Å². The summed E-state index contributed by atoms with van der Waals surface area (Å²) in [6.45, 7) is 2.62. The molecule has 1 fully saturated rings. The van der Waals surface area contributed by atoms with Crippen molar-refractivity contribution in [2.24, 2.45) is 0 Å². The van der Waals surface area contributed by atoms with Gasteiger partial charge in [0.2, 0.25) is 5.91 Å². The van der Waals surface area contributed by atoms with Crippen LogP contribution in [0.15, 0.2) is 18.2 Å². The highest BCUT2D eigenvalue weighted by Gasteiger charge is 2.28. The van der Waals surface area contributed by atoms with Crippen molar-refractivity contribution in [2.45, 2.75) is 64.0 Å². The summed E-state index contributed by atoms with van der Waals surface area (Å²) in [5, 5.41) is 5.43. The molecule has 0 spiro atoms. The summed E-state index contributed by atoms with van der Waals surface area (Å²) in [5.74, 6) is -0.274. The number of hydrogen-bond donors (Lipinski definition) is 3. The third-order valence-electron chi connectivity index (χ3n) is 5.35. The van der Waals surface area contributed by atoms with Crippen molar-refractivity contribution < 1.29 is 9.59 Å². The van der Waals surface area contributed by atoms with Crippen molar-refractivity contribution >= 4 is 23.3 Å². The maximum atomic E-state index is 12.5. The third-order valence-corrected chi connectivity index (χ3v) is 5.35. The first-order chi connectivity index (χ1) is 12.1. The van der Waals surface area contributed by atoms with Crippen LogP contribution in [-0.4, -0.2) is 30.6 Å². The first-order valence-corrected chi connectivity index (χ1v) is 9.31. The number of urea groups is 1. The minimum absolute atomic E-state index is 0.187. The summed E-state index contributed by atoms with van der Waals surface area (Å²) in [4.78, 5) is 26.7. The SMILES string of the molecule is CC(C(=O)NC(=O)NC1CCCCC1)N1CCCc2c(N)cccc21. The molecule has 4 N–H and O–H groups in total. The molecule has 0 radical (unpaired) electrons. The minimum Gasteiger partial charge on any atom is -0.398 e. The fourth-order valence-corrected chi connectivity index (χ4v) is 3.91. The number of fused-ring (bicyclic) bond motifs is 1. The third kappa shape index (κ3) is 4.06. The second-order valence-corrected chi connectivity index (χ2v) is 7.12. The van der Waals surface area contributed by atoms with E-state index >= 15 is 0 Å². The van der Waals surface area contributed by atoms with E-state index in [1.807, 2.05) is 30.0 Å². The number of carbonyl (C=O) groups is 2. The maximum absolute atomic E-state index is 12.5. The molecule has 1 aliphatic heterocycles. The zero-order valence-electron chi connectivity index (χ0n) is 14.9. The van der Waals surface area contributed by atoms with E-state index in [4.69, 9.17) is 5.73 Å². The van der Waals surface area contributed by atoms with E-state index in [1.165, 1.54) is 6.42 Å². The van der Waals surface area contributed by atoms with Crippen LogP contribution in [0.25, 0.3) is 0 Å². The van der Waals surface area contributed by atoms with Gasteiger partial charge in [0.15, 0.2) is 0 Å². The van der Waals surface area contributed by atoms with Gasteiger partial charge in [-0.25, -0.2) is 4.79 Å². The molecule has 3 amide bonds. The molecule has 1 unspecified atom stereocenters. The number of rotatable bonds is 3. The molecular weight excluding hydrogens is 316 g/mol. The van der Waals surface area contributed by atoms with Crippen LogP contribution in [0.5, 0.6) is 0 Å². The number of hydrogen-bond acceptors (Lipinski definition) is 4. The summed E-state index contributed by atoms with van der Waals surface area (Å²) >= 11 is 0. The molecule has 6 heteroatoms. The summed E-state index contributed by atoms with van der Waals surface area (Å²) in [5.41, 5.74) is 8.94. The molecule has 1 aromatic carbocycles. The van der Waals surface area contributed by atoms with E-state index in [2.05, 4.69) is 10.6 Å². The maximum Gasteiger partial charge on any atom is 0.321 e. The van der Waals surface area contributed by atoms with Gasteiger partial charge in [-0.1, -0.05) is 25.3 Å². The number of nitrogens with two attached hydrogens (primary N) is 1. The van der Waals surface area contributed by atoms with Crippen LogP contribution in [0.4, 0.5) is 16.2 Å². The number of carbonyl (C=O) groups excluding carboxylic acids is 2. The minimum atomic E-state index is -0.419. The van der Waals surface area contributed by atoms with E-state index in [9.17, 15) is 9.59 Å². The predicted octanol–water partition coefficient (Wildman–Crippen LogP) is 2.57. The van der Waals surface area contributed by atoms with Gasteiger partial charge in [-0.2, -0.15) is 0 Å². The highest BCUT2D eigenvalue weighted by atomic mass is 16.2. The lowest BCUT2D eigenvalue weighted by atomic mass is 9.96. The van der Waals surface area contributed by atoms with E-state index in [-0.39, 0.29) is 18.0 Å². The first kappa shape index (κ1) is 17.6. The highest BCUT2D eigenvalue weighted by molar-refractivity contribution is 5.98. The van der Waals surface area contributed by atoms with Gasteiger partial charge in [0.05, 0.1) is 0 Å². The summed E-state index contributed by atoms with van der Waals surface area (Å²) in [6, 6.07) is 5.19. The standard InChI is InChI=1S/C19H28N4O2/c1-13(18(24)22-19(25)21-14-7-3-2-4-8-14)23-12-6-9-15-16(20)10-5-11-17(15)23/h5,10-11,13-14H,2-4,6-9,12,20H2,1H3,(H2,21,22,24,25). The lowest BCUT2D eigenvalue weighted by Crippen LogP contribution is -2.52. The average molecular weight is 344 g/mol. The molecule has 136 valence electrons. The summed E-state index contributed by atoms with van der Waals surface area (Å²) in [7, 11) is 0. The fourth-order valence-electron chi connectivity index (χ4n) is 3.91. The Balaban J connectivity index is 1.61. The average Bonchev–Trinajstić information content (AvgIpc) is 2.62. The van der Waals surface area contributed by atoms with Crippen LogP contribution in [0.1, 0.15) is 51.0 Å². The topological polar surface area (TPSA) is 87.5 Å². The molecule has 1 aromatic rings. The molecule has 1 heterocycles. The Morgan fingerprint density at radius 1 is 1.20 bits per heavy atom. The zero-order chi connectivity index (χ0) is 17.8. The van der Waals surface area contributed by atoms with Gasteiger partial charge >= 0.3 is 6.03 Å². The normalized spacial score (nSPS) is 19.0. The summed E-state index contributed by atoms with van der Waals surface area (Å²) < 4.78 is 0. The smallest absolute Gasteiger partial charge is 0.321 e. The Kier molecular flexibility index (Phi) is 5.46. The molecule has 25 heavy (non-hydrogen) atoms. The van der Waals surface area contributed by atoms with Crippen molar-refractivity contribution in [1.82, 2.24) is 10.6 Å². The largest absolute Gasteiger partial charge is 0.398 e. The van der Waals surface area contributed by atoms with Gasteiger partial charge in [0, 0.05) is 24.0 Å². The van der Waals surface area contributed by atoms with Crippen LogP contribution >= 0.6 is 0 Å². The molecular formula is C19H28N4O2. The highest BCUT2D eigenvalue weighted by Crippen LogP contribution is 2.32. The molecule has 3 rings (SSSR count). The van der Waals surface area contributed by atoms with Gasteiger partial charge in [-0.15, -0.1) is 0 Å². The number of anilines is 2. The number of nitrogens with zero attached hydrogens (tertiary/aromatic N) is 1. The predicted molar refractivity (Wildman–Crippen MR) is 99.5 cm³/mol. The number of nitrogen functional groups attached to an aromatic ring is 1. The second-order valence-electron chi connectivity index (χ2n) is 7.12. The van der Waals surface area contributed by atoms with Gasteiger partial charge in [0.1, 0.15) is 6.04 Å². The zero-order valence-corrected chi connectivity index (χ0v) is 14.9. The van der Waals surface area contributed by atoms with Crippen LogP contribution in [0.3, 0.4) is 0 Å². The lowest BCUT2D eigenvalue weighted by molar-refractivity contribution is -0.121. The first-order valence-electron chi connectivity index (χ1n) is 9.31. The van der Waals surface area contributed by atoms with Gasteiger partial charge in [0.25, 0.3) is 0 Å². The van der Waals surface area contributed by atoms with E-state index in [0.717, 1.165) is 62.0 Å². The van der Waals surface area contributed by atoms with Crippen molar-refractivity contribution in [3.05, 3.63) is 23.8 Å². The Morgan fingerprint density at radius 2 is 1.96 bits per heavy atom. The summed E-state index contributed by atoms with van der Waals surface area (Å²) in [6.07, 6.45) is 7.38. The van der Waals surface area contributed by atoms with Crippen LogP contribution < -0.4 is 21.3 Å². The molecule has 1 saturated carbocycles. The molecule has 0 saturated heterocycles. The van der Waals surface area contributed by atoms with E-state index in [0.29, 0.717) is 0 Å². The van der Waals surface area contributed by atoms with E-state index in [1.54, 1.807) is 0 Å². The van der Waals surface area contributed by atoms with Gasteiger partial charge < -0.3 is 16.0 Å². The Hall–Kier alpha value is -2.24. The molecule has 0 aromatic heterocycles. The quantitative estimate of drug-likeness (QED) is 0.736. The second kappa shape index (κ2) is 7.76. The monoisotopic (exact) mass is 344 g/mol. The number of benzene rings is 1. The number of amides is 3. The molecule has 6 nitrogen and oxygen atoms in total. The molecule has 2 aliphatic rings. The molecule has 1 aliphatic carbocycles. The Bertz CT molecular complexity index is 640. The van der Waals surface area contributed by atoms with Gasteiger partial charge in [-0.05, 0) is 50.3 Å². The lowest BCUT2D eigenvalue weighted by Gasteiger charge is -2.36. The Morgan fingerprint density at radius 3 is 2.72 bits per heavy atom. The van der Waals surface area contributed by atoms with Crippen LogP contribution in [0.2, 0.25) is 0 Å². The molecule has 1 atom stereocenters. The van der Waals surface area contributed by atoms with Crippen LogP contribution in [-0.2, 0) is 11.2 Å². The van der Waals surface area contributed by atoms with Gasteiger partial charge in [-0.3, -0.25) is 10.1 Å². The van der Waals surface area contributed by atoms with E-state index < -0.39 is 6.04 Å². The van der Waals surface area contributed by atoms with Crippen LogP contribution in [0, 0.1) is 0 Å².